The Balaban J connectivity index is 1.54. The molecule has 2 heterocycles. The molecule has 41 heavy (non-hydrogen) atoms. The highest BCUT2D eigenvalue weighted by molar-refractivity contribution is 6.30. The van der Waals surface area contributed by atoms with E-state index in [1.807, 2.05) is 78.9 Å². The molecule has 1 aromatic heterocycles. The molecule has 0 unspecified atom stereocenters. The van der Waals surface area contributed by atoms with E-state index in [1.165, 1.54) is 0 Å². The molecule has 0 aliphatic carbocycles. The third-order valence-corrected chi connectivity index (χ3v) is 7.58. The van der Waals surface area contributed by atoms with E-state index in [1.54, 1.807) is 14.2 Å². The molecule has 1 aliphatic rings. The van der Waals surface area contributed by atoms with Crippen LogP contribution in [0.3, 0.4) is 0 Å². The van der Waals surface area contributed by atoms with Crippen molar-refractivity contribution in [3.63, 3.8) is 0 Å². The Hall–Kier alpha value is -5.00. The van der Waals surface area contributed by atoms with Gasteiger partial charge in [0.2, 0.25) is 0 Å². The third-order valence-electron chi connectivity index (χ3n) is 7.33. The average molecular weight is 557 g/mol. The van der Waals surface area contributed by atoms with Crippen LogP contribution in [-0.2, 0) is 0 Å². The van der Waals surface area contributed by atoms with Crippen LogP contribution >= 0.6 is 11.6 Å². The lowest BCUT2D eigenvalue weighted by Gasteiger charge is -2.33. The Bertz CT molecular complexity index is 1880. The highest BCUT2D eigenvalue weighted by atomic mass is 35.5. The van der Waals surface area contributed by atoms with Crippen molar-refractivity contribution in [1.82, 2.24) is 4.98 Å². The number of hydrogen-bond donors (Lipinski definition) is 0. The molecule has 0 saturated heterocycles. The fourth-order valence-corrected chi connectivity index (χ4v) is 5.52. The summed E-state index contributed by atoms with van der Waals surface area (Å²) in [5.74, 6) is 2.92. The van der Waals surface area contributed by atoms with E-state index < -0.39 is 0 Å². The summed E-state index contributed by atoms with van der Waals surface area (Å²) in [5, 5.41) is 1.69. The lowest BCUT2D eigenvalue weighted by Crippen LogP contribution is -2.16. The Kier molecular flexibility index (Phi) is 6.22. The summed E-state index contributed by atoms with van der Waals surface area (Å²) in [6.07, 6.45) is 0. The minimum atomic E-state index is 0.662. The molecule has 0 fully saturated rings. The first kappa shape index (κ1) is 25.0. The summed E-state index contributed by atoms with van der Waals surface area (Å²) in [7, 11) is 3.29. The van der Waals surface area contributed by atoms with E-state index in [-0.39, 0.29) is 0 Å². The van der Waals surface area contributed by atoms with Crippen LogP contribution in [0.2, 0.25) is 5.02 Å². The zero-order valence-corrected chi connectivity index (χ0v) is 23.2. The maximum atomic E-state index is 6.29. The third kappa shape index (κ3) is 4.31. The zero-order chi connectivity index (χ0) is 27.9. The Morgan fingerprint density at radius 2 is 1.27 bits per heavy atom. The molecule has 0 N–H and O–H groups in total. The largest absolute Gasteiger partial charge is 0.493 e. The molecule has 200 valence electrons. The maximum absolute atomic E-state index is 6.29. The van der Waals surface area contributed by atoms with E-state index >= 15 is 0 Å². The fraction of sp³-hybridized carbons (Fsp3) is 0.0571. The molecule has 6 aromatic rings. The van der Waals surface area contributed by atoms with Crippen molar-refractivity contribution in [2.45, 2.75) is 0 Å². The number of methoxy groups -OCH3 is 2. The lowest BCUT2D eigenvalue weighted by molar-refractivity contribution is 0.355. The van der Waals surface area contributed by atoms with Crippen molar-refractivity contribution >= 4 is 39.6 Å². The fourth-order valence-electron chi connectivity index (χ4n) is 5.39. The van der Waals surface area contributed by atoms with Crippen LogP contribution in [0.4, 0.5) is 17.1 Å². The van der Waals surface area contributed by atoms with Gasteiger partial charge in [-0.1, -0.05) is 66.2 Å². The predicted molar refractivity (Wildman–Crippen MR) is 165 cm³/mol. The van der Waals surface area contributed by atoms with Gasteiger partial charge >= 0.3 is 0 Å². The number of halogens is 1. The second-order valence-electron chi connectivity index (χ2n) is 9.68. The first-order valence-corrected chi connectivity index (χ1v) is 13.6. The number of ether oxygens (including phenoxy) is 3. The normalized spacial score (nSPS) is 11.9. The van der Waals surface area contributed by atoms with Crippen molar-refractivity contribution in [2.75, 3.05) is 19.1 Å². The standard InChI is InChI=1S/C35H25ClN2O3/c1-39-33-19-16-23(20-34(33)40-2)26-21-27(22-14-17-24(36)18-15-22)37-35-25(26)8-7-11-30(35)38-28-9-3-5-12-31(28)41-32-13-6-4-10-29(32)38/h3-21H,1-2H3. The molecule has 0 bridgehead atoms. The van der Waals surface area contributed by atoms with Gasteiger partial charge in [-0.05, 0) is 71.8 Å². The van der Waals surface area contributed by atoms with Crippen LogP contribution in [0.5, 0.6) is 23.0 Å². The van der Waals surface area contributed by atoms with Gasteiger partial charge in [-0.25, -0.2) is 4.98 Å². The Labute approximate surface area is 243 Å². The molecule has 0 radical (unpaired) electrons. The summed E-state index contributed by atoms with van der Waals surface area (Å²) in [5.41, 5.74) is 7.52. The van der Waals surface area contributed by atoms with Crippen LogP contribution in [-0.4, -0.2) is 19.2 Å². The Morgan fingerprint density at radius 3 is 1.95 bits per heavy atom. The number of nitrogens with zero attached hydrogens (tertiary/aromatic N) is 2. The van der Waals surface area contributed by atoms with E-state index in [0.717, 1.165) is 61.8 Å². The SMILES string of the molecule is COc1ccc(-c2cc(-c3ccc(Cl)cc3)nc3c(N4c5ccccc5Oc5ccccc54)cccc23)cc1OC. The number of benzene rings is 5. The number of rotatable bonds is 5. The highest BCUT2D eigenvalue weighted by Gasteiger charge is 2.27. The number of fused-ring (bicyclic) bond motifs is 3. The van der Waals surface area contributed by atoms with Gasteiger partial charge in [0.15, 0.2) is 23.0 Å². The summed E-state index contributed by atoms with van der Waals surface area (Å²) in [6, 6.07) is 38.3. The monoisotopic (exact) mass is 556 g/mol. The van der Waals surface area contributed by atoms with Gasteiger partial charge in [0, 0.05) is 16.0 Å². The number of anilines is 3. The molecule has 6 heteroatoms. The molecule has 5 nitrogen and oxygen atoms in total. The summed E-state index contributed by atoms with van der Waals surface area (Å²) in [4.78, 5) is 7.51. The minimum absolute atomic E-state index is 0.662. The van der Waals surface area contributed by atoms with Crippen molar-refractivity contribution in [1.29, 1.82) is 0 Å². The average Bonchev–Trinajstić information content (AvgIpc) is 3.03. The Morgan fingerprint density at radius 1 is 0.634 bits per heavy atom. The van der Waals surface area contributed by atoms with E-state index in [9.17, 15) is 0 Å². The molecule has 0 spiro atoms. The molecular weight excluding hydrogens is 532 g/mol. The summed E-state index contributed by atoms with van der Waals surface area (Å²) >= 11 is 6.24. The minimum Gasteiger partial charge on any atom is -0.493 e. The van der Waals surface area contributed by atoms with Gasteiger partial charge in [-0.3, -0.25) is 0 Å². The maximum Gasteiger partial charge on any atom is 0.161 e. The van der Waals surface area contributed by atoms with E-state index in [2.05, 4.69) is 41.3 Å². The second-order valence-corrected chi connectivity index (χ2v) is 10.1. The van der Waals surface area contributed by atoms with E-state index in [4.69, 9.17) is 30.8 Å². The molecule has 1 aliphatic heterocycles. The summed E-state index contributed by atoms with van der Waals surface area (Å²) < 4.78 is 17.5. The topological polar surface area (TPSA) is 43.8 Å². The van der Waals surface area contributed by atoms with Gasteiger partial charge in [0.25, 0.3) is 0 Å². The number of hydrogen-bond acceptors (Lipinski definition) is 5. The number of aromatic nitrogens is 1. The van der Waals surface area contributed by atoms with Gasteiger partial charge in [0.05, 0.1) is 42.5 Å². The molecule has 0 amide bonds. The first-order valence-electron chi connectivity index (χ1n) is 13.2. The van der Waals surface area contributed by atoms with Crippen molar-refractivity contribution < 1.29 is 14.2 Å². The van der Waals surface area contributed by atoms with E-state index in [0.29, 0.717) is 16.5 Å². The van der Waals surface area contributed by atoms with Crippen molar-refractivity contribution in [2.24, 2.45) is 0 Å². The van der Waals surface area contributed by atoms with Gasteiger partial charge in [-0.15, -0.1) is 0 Å². The van der Waals surface area contributed by atoms with Gasteiger partial charge < -0.3 is 19.1 Å². The molecule has 5 aromatic carbocycles. The van der Waals surface area contributed by atoms with Crippen LogP contribution in [0.1, 0.15) is 0 Å². The van der Waals surface area contributed by atoms with Crippen LogP contribution in [0.15, 0.2) is 115 Å². The zero-order valence-electron chi connectivity index (χ0n) is 22.5. The summed E-state index contributed by atoms with van der Waals surface area (Å²) in [6.45, 7) is 0. The number of pyridine rings is 1. The van der Waals surface area contributed by atoms with Gasteiger partial charge in [-0.2, -0.15) is 0 Å². The smallest absolute Gasteiger partial charge is 0.161 e. The molecular formula is C35H25ClN2O3. The highest BCUT2D eigenvalue weighted by Crippen LogP contribution is 2.52. The van der Waals surface area contributed by atoms with Crippen molar-refractivity contribution in [3.05, 3.63) is 120 Å². The quantitative estimate of drug-likeness (QED) is 0.211. The number of para-hydroxylation sites is 5. The molecule has 7 rings (SSSR count). The van der Waals surface area contributed by atoms with Crippen molar-refractivity contribution in [3.8, 4) is 45.4 Å². The van der Waals surface area contributed by atoms with Crippen LogP contribution in [0.25, 0.3) is 33.3 Å². The second kappa shape index (κ2) is 10.2. The van der Waals surface area contributed by atoms with Gasteiger partial charge in [0.1, 0.15) is 0 Å². The molecule has 0 atom stereocenters. The van der Waals surface area contributed by atoms with Crippen LogP contribution in [0, 0.1) is 0 Å². The lowest BCUT2D eigenvalue weighted by atomic mass is 9.96. The first-order chi connectivity index (χ1) is 20.1. The molecule has 0 saturated carbocycles. The van der Waals surface area contributed by atoms with Crippen LogP contribution < -0.4 is 19.1 Å². The predicted octanol–water partition coefficient (Wildman–Crippen LogP) is 9.81.